The number of aliphatic hydroxyl groups excluding tert-OH is 1. The molecule has 0 saturated carbocycles. The van der Waals surface area contributed by atoms with Gasteiger partial charge in [0.25, 0.3) is 0 Å². The van der Waals surface area contributed by atoms with Gasteiger partial charge in [0.1, 0.15) is 6.23 Å². The first kappa shape index (κ1) is 17.0. The molecule has 2 nitrogen and oxygen atoms in total. The molecule has 0 bridgehead atoms. The SMILES string of the molecule is Cl.OC(CCc1ccccc1)NCc1ccccc1Cl. The second-order valence-electron chi connectivity index (χ2n) is 4.51. The molecule has 1 atom stereocenters. The minimum atomic E-state index is -0.517. The highest BCUT2D eigenvalue weighted by atomic mass is 35.5. The predicted molar refractivity (Wildman–Crippen MR) is 86.3 cm³/mol. The Morgan fingerprint density at radius 2 is 1.65 bits per heavy atom. The molecule has 0 fully saturated rings. The monoisotopic (exact) mass is 311 g/mol. The molecule has 0 aromatic heterocycles. The van der Waals surface area contributed by atoms with Crippen molar-refractivity contribution < 1.29 is 5.11 Å². The van der Waals surface area contributed by atoms with Gasteiger partial charge in [0.05, 0.1) is 0 Å². The highest BCUT2D eigenvalue weighted by Gasteiger charge is 2.05. The fourth-order valence-corrected chi connectivity index (χ4v) is 2.12. The molecular formula is C16H19Cl2NO. The van der Waals surface area contributed by atoms with Crippen LogP contribution in [0, 0.1) is 0 Å². The summed E-state index contributed by atoms with van der Waals surface area (Å²) in [6, 6.07) is 17.8. The van der Waals surface area contributed by atoms with Crippen molar-refractivity contribution in [3.8, 4) is 0 Å². The highest BCUT2D eigenvalue weighted by molar-refractivity contribution is 6.31. The van der Waals surface area contributed by atoms with E-state index in [0.29, 0.717) is 13.0 Å². The maximum Gasteiger partial charge on any atom is 0.105 e. The number of nitrogens with one attached hydrogen (secondary N) is 1. The standard InChI is InChI=1S/C16H18ClNO.ClH/c17-15-9-5-4-8-14(15)12-18-16(19)11-10-13-6-2-1-3-7-13;/h1-9,16,18-19H,10-12H2;1H. The van der Waals surface area contributed by atoms with Crippen LogP contribution in [0.4, 0.5) is 0 Å². The Hall–Kier alpha value is -1.06. The van der Waals surface area contributed by atoms with E-state index in [4.69, 9.17) is 11.6 Å². The van der Waals surface area contributed by atoms with Crippen molar-refractivity contribution in [2.75, 3.05) is 0 Å². The third kappa shape index (κ3) is 5.51. The van der Waals surface area contributed by atoms with Crippen LogP contribution in [-0.4, -0.2) is 11.3 Å². The molecule has 0 aliphatic heterocycles. The van der Waals surface area contributed by atoms with Gasteiger partial charge in [-0.3, -0.25) is 5.32 Å². The number of halogens is 2. The third-order valence-electron chi connectivity index (χ3n) is 3.04. The van der Waals surface area contributed by atoms with Crippen molar-refractivity contribution in [2.45, 2.75) is 25.6 Å². The van der Waals surface area contributed by atoms with E-state index in [-0.39, 0.29) is 12.4 Å². The van der Waals surface area contributed by atoms with E-state index >= 15 is 0 Å². The van der Waals surface area contributed by atoms with E-state index in [2.05, 4.69) is 17.4 Å². The van der Waals surface area contributed by atoms with Crippen LogP contribution in [0.5, 0.6) is 0 Å². The van der Waals surface area contributed by atoms with Gasteiger partial charge in [-0.25, -0.2) is 0 Å². The number of rotatable bonds is 6. The molecule has 20 heavy (non-hydrogen) atoms. The average Bonchev–Trinajstić information content (AvgIpc) is 2.45. The van der Waals surface area contributed by atoms with Crippen molar-refractivity contribution in [3.63, 3.8) is 0 Å². The first-order chi connectivity index (χ1) is 9.25. The predicted octanol–water partition coefficient (Wildman–Crippen LogP) is 3.80. The summed E-state index contributed by atoms with van der Waals surface area (Å²) in [5.41, 5.74) is 2.24. The van der Waals surface area contributed by atoms with Crippen LogP contribution < -0.4 is 5.32 Å². The minimum absolute atomic E-state index is 0. The molecule has 2 N–H and O–H groups in total. The normalized spacial score (nSPS) is 11.7. The molecule has 2 aromatic rings. The first-order valence-corrected chi connectivity index (χ1v) is 6.82. The molecule has 0 spiro atoms. The lowest BCUT2D eigenvalue weighted by molar-refractivity contribution is 0.126. The maximum absolute atomic E-state index is 9.91. The van der Waals surface area contributed by atoms with E-state index in [9.17, 15) is 5.11 Å². The summed E-state index contributed by atoms with van der Waals surface area (Å²) < 4.78 is 0. The molecule has 0 saturated heterocycles. The lowest BCUT2D eigenvalue weighted by Crippen LogP contribution is -2.28. The quantitative estimate of drug-likeness (QED) is 0.795. The van der Waals surface area contributed by atoms with Crippen molar-refractivity contribution in [2.24, 2.45) is 0 Å². The van der Waals surface area contributed by atoms with Crippen molar-refractivity contribution >= 4 is 24.0 Å². The van der Waals surface area contributed by atoms with Gasteiger partial charge < -0.3 is 5.11 Å². The molecule has 0 radical (unpaired) electrons. The summed E-state index contributed by atoms with van der Waals surface area (Å²) in [6.45, 7) is 0.579. The Balaban J connectivity index is 0.00000200. The lowest BCUT2D eigenvalue weighted by atomic mass is 10.1. The van der Waals surface area contributed by atoms with E-state index < -0.39 is 6.23 Å². The minimum Gasteiger partial charge on any atom is -0.379 e. The molecular weight excluding hydrogens is 293 g/mol. The second-order valence-corrected chi connectivity index (χ2v) is 4.92. The molecule has 108 valence electrons. The average molecular weight is 312 g/mol. The number of hydrogen-bond acceptors (Lipinski definition) is 2. The summed E-state index contributed by atoms with van der Waals surface area (Å²) in [5.74, 6) is 0. The summed E-state index contributed by atoms with van der Waals surface area (Å²) in [4.78, 5) is 0. The van der Waals surface area contributed by atoms with Crippen LogP contribution in [-0.2, 0) is 13.0 Å². The molecule has 0 aliphatic rings. The van der Waals surface area contributed by atoms with Gasteiger partial charge in [-0.05, 0) is 30.0 Å². The fraction of sp³-hybridized carbons (Fsp3) is 0.250. The molecule has 1 unspecified atom stereocenters. The Morgan fingerprint density at radius 1 is 1.00 bits per heavy atom. The third-order valence-corrected chi connectivity index (χ3v) is 3.40. The van der Waals surface area contributed by atoms with Crippen LogP contribution in [0.2, 0.25) is 5.02 Å². The summed E-state index contributed by atoms with van der Waals surface area (Å²) in [5, 5.41) is 13.7. The molecule has 0 heterocycles. The summed E-state index contributed by atoms with van der Waals surface area (Å²) in [7, 11) is 0. The zero-order valence-electron chi connectivity index (χ0n) is 11.1. The lowest BCUT2D eigenvalue weighted by Gasteiger charge is -2.13. The van der Waals surface area contributed by atoms with Crippen LogP contribution in [0.25, 0.3) is 0 Å². The second kappa shape index (κ2) is 8.98. The van der Waals surface area contributed by atoms with Gasteiger partial charge in [0, 0.05) is 11.6 Å². The molecule has 0 amide bonds. The van der Waals surface area contributed by atoms with Gasteiger partial charge in [-0.1, -0.05) is 60.1 Å². The van der Waals surface area contributed by atoms with Gasteiger partial charge in [-0.15, -0.1) is 12.4 Å². The Morgan fingerprint density at radius 3 is 2.35 bits per heavy atom. The molecule has 0 aliphatic carbocycles. The van der Waals surface area contributed by atoms with Crippen LogP contribution in [0.3, 0.4) is 0 Å². The Kier molecular flexibility index (Phi) is 7.63. The van der Waals surface area contributed by atoms with E-state index in [0.717, 1.165) is 17.0 Å². The fourth-order valence-electron chi connectivity index (χ4n) is 1.92. The number of benzene rings is 2. The Bertz CT molecular complexity index is 505. The zero-order valence-corrected chi connectivity index (χ0v) is 12.7. The van der Waals surface area contributed by atoms with Crippen molar-refractivity contribution in [1.82, 2.24) is 5.32 Å². The van der Waals surface area contributed by atoms with Crippen molar-refractivity contribution in [1.29, 1.82) is 0 Å². The van der Waals surface area contributed by atoms with Gasteiger partial charge in [-0.2, -0.15) is 0 Å². The highest BCUT2D eigenvalue weighted by Crippen LogP contribution is 2.14. The van der Waals surface area contributed by atoms with E-state index in [1.165, 1.54) is 5.56 Å². The largest absolute Gasteiger partial charge is 0.379 e. The van der Waals surface area contributed by atoms with Gasteiger partial charge in [0.15, 0.2) is 0 Å². The molecule has 2 rings (SSSR count). The first-order valence-electron chi connectivity index (χ1n) is 6.44. The van der Waals surface area contributed by atoms with Gasteiger partial charge >= 0.3 is 0 Å². The van der Waals surface area contributed by atoms with E-state index in [1.54, 1.807) is 0 Å². The van der Waals surface area contributed by atoms with E-state index in [1.807, 2.05) is 42.5 Å². The maximum atomic E-state index is 9.91. The summed E-state index contributed by atoms with van der Waals surface area (Å²) >= 11 is 6.06. The number of aliphatic hydroxyl groups is 1. The number of hydrogen-bond donors (Lipinski definition) is 2. The molecule has 4 heteroatoms. The topological polar surface area (TPSA) is 32.3 Å². The zero-order chi connectivity index (χ0) is 13.5. The van der Waals surface area contributed by atoms with Crippen LogP contribution in [0.15, 0.2) is 54.6 Å². The van der Waals surface area contributed by atoms with Crippen LogP contribution >= 0.6 is 24.0 Å². The van der Waals surface area contributed by atoms with Crippen LogP contribution in [0.1, 0.15) is 17.5 Å². The summed E-state index contributed by atoms with van der Waals surface area (Å²) in [6.07, 6.45) is 1.03. The van der Waals surface area contributed by atoms with Gasteiger partial charge in [0.2, 0.25) is 0 Å². The number of aryl methyl sites for hydroxylation is 1. The Labute approximate surface area is 131 Å². The molecule has 2 aromatic carbocycles. The smallest absolute Gasteiger partial charge is 0.105 e. The van der Waals surface area contributed by atoms with Crippen molar-refractivity contribution in [3.05, 3.63) is 70.7 Å².